The van der Waals surface area contributed by atoms with Crippen molar-refractivity contribution in [2.24, 2.45) is 17.3 Å². The number of carbonyl (C=O) groups excluding carboxylic acids is 4. The first-order valence-corrected chi connectivity index (χ1v) is 22.2. The van der Waals surface area contributed by atoms with Gasteiger partial charge in [0, 0.05) is 41.8 Å². The van der Waals surface area contributed by atoms with Crippen LogP contribution in [0.4, 0.5) is 9.93 Å². The second kappa shape index (κ2) is 18.7. The van der Waals surface area contributed by atoms with Gasteiger partial charge in [-0.1, -0.05) is 45.4 Å². The van der Waals surface area contributed by atoms with E-state index in [1.54, 1.807) is 18.2 Å². The number of likely N-dealkylation sites (tertiary alicyclic amines) is 1. The van der Waals surface area contributed by atoms with Gasteiger partial charge in [0.1, 0.15) is 58.7 Å². The highest BCUT2D eigenvalue weighted by molar-refractivity contribution is 7.14. The van der Waals surface area contributed by atoms with Gasteiger partial charge in [-0.15, -0.1) is 17.9 Å². The number of pyridine rings is 1. The van der Waals surface area contributed by atoms with Crippen molar-refractivity contribution in [2.75, 3.05) is 46.2 Å². The minimum absolute atomic E-state index is 0.0196. The molecule has 1 unspecified atom stereocenters. The molecule has 1 aliphatic heterocycles. The van der Waals surface area contributed by atoms with Gasteiger partial charge in [0.05, 0.1) is 24.9 Å². The van der Waals surface area contributed by atoms with Gasteiger partial charge >= 0.3 is 12.1 Å². The molecule has 17 heteroatoms. The number of aromatic nitrogens is 2. The molecule has 6 rings (SSSR count). The zero-order valence-corrected chi connectivity index (χ0v) is 38.2. The molecule has 61 heavy (non-hydrogen) atoms. The molecule has 2 aliphatic carbocycles. The number of thiazole rings is 1. The number of halogens is 1. The van der Waals surface area contributed by atoms with Gasteiger partial charge in [-0.2, -0.15) is 0 Å². The molecule has 7 atom stereocenters. The van der Waals surface area contributed by atoms with E-state index in [1.165, 1.54) is 23.3 Å². The van der Waals surface area contributed by atoms with Crippen LogP contribution in [0.2, 0.25) is 5.02 Å². The second-order valence-corrected chi connectivity index (χ2v) is 19.4. The lowest BCUT2D eigenvalue weighted by Gasteiger charge is -2.35. The molecular formula is C44H60ClN7O8S. The zero-order chi connectivity index (χ0) is 44.4. The number of benzene rings is 1. The Hall–Kier alpha value is -4.67. The number of fused-ring (bicyclic) bond motifs is 1. The molecule has 0 spiro atoms. The molecule has 0 bridgehead atoms. The highest BCUT2D eigenvalue weighted by atomic mass is 35.5. The van der Waals surface area contributed by atoms with E-state index in [0.717, 1.165) is 24.4 Å². The minimum atomic E-state index is -1.30. The van der Waals surface area contributed by atoms with Gasteiger partial charge in [-0.25, -0.2) is 19.6 Å². The maximum atomic E-state index is 14.8. The van der Waals surface area contributed by atoms with Crippen molar-refractivity contribution in [3.8, 4) is 22.9 Å². The van der Waals surface area contributed by atoms with E-state index in [-0.39, 0.29) is 31.0 Å². The predicted molar refractivity (Wildman–Crippen MR) is 236 cm³/mol. The first-order chi connectivity index (χ1) is 28.8. The smallest absolute Gasteiger partial charge is 0.408 e. The van der Waals surface area contributed by atoms with Crippen molar-refractivity contribution in [3.05, 3.63) is 41.3 Å². The number of alkyl carbamates (subject to hydrolysis) is 1. The van der Waals surface area contributed by atoms with Gasteiger partial charge < -0.3 is 44.7 Å². The monoisotopic (exact) mass is 881 g/mol. The Bertz CT molecular complexity index is 2120. The predicted octanol–water partition coefficient (Wildman–Crippen LogP) is 6.68. The van der Waals surface area contributed by atoms with E-state index in [1.807, 2.05) is 65.1 Å². The molecule has 332 valence electrons. The third-order valence-electron chi connectivity index (χ3n) is 11.5. The van der Waals surface area contributed by atoms with Gasteiger partial charge in [0.15, 0.2) is 5.13 Å². The maximum absolute atomic E-state index is 14.8. The van der Waals surface area contributed by atoms with E-state index >= 15 is 0 Å². The van der Waals surface area contributed by atoms with E-state index in [2.05, 4.69) is 29.5 Å². The SMILES string of the molecule is C=C[C@@H]1CC1(NC(=O)[C@@H]1C[C@@H](Oc2cc(-c3csc(NC(C)C)n3)nc3c(Cl)c(OCCN(C)C)ccc23)CN1C(=O)[C@@H](NC(=O)O[C@H]1CC[C@@H](C)C1)C(C)(C)C)C(=O)OC. The number of carbonyl (C=O) groups is 4. The Balaban J connectivity index is 1.35. The topological polar surface area (TPSA) is 174 Å². The molecule has 1 saturated heterocycles. The average molecular weight is 883 g/mol. The molecule has 1 aromatic carbocycles. The van der Waals surface area contributed by atoms with Crippen molar-refractivity contribution in [3.63, 3.8) is 0 Å². The van der Waals surface area contributed by atoms with E-state index in [4.69, 9.17) is 40.5 Å². The van der Waals surface area contributed by atoms with Crippen molar-refractivity contribution >= 4 is 62.8 Å². The summed E-state index contributed by atoms with van der Waals surface area (Å²) >= 11 is 8.48. The lowest BCUT2D eigenvalue weighted by atomic mass is 9.85. The summed E-state index contributed by atoms with van der Waals surface area (Å²) < 4.78 is 23.7. The van der Waals surface area contributed by atoms with Gasteiger partial charge in [0.2, 0.25) is 11.8 Å². The average Bonchev–Trinajstić information content (AvgIpc) is 3.52. The van der Waals surface area contributed by atoms with Crippen LogP contribution in [0.15, 0.2) is 36.2 Å². The molecular weight excluding hydrogens is 822 g/mol. The Morgan fingerprint density at radius 1 is 1.10 bits per heavy atom. The van der Waals surface area contributed by atoms with Gasteiger partial charge in [-0.05, 0) is 77.1 Å². The van der Waals surface area contributed by atoms with Crippen molar-refractivity contribution in [2.45, 2.75) is 110 Å². The van der Waals surface area contributed by atoms with Crippen LogP contribution in [0.25, 0.3) is 22.3 Å². The minimum Gasteiger partial charge on any atom is -0.491 e. The highest BCUT2D eigenvalue weighted by Gasteiger charge is 2.62. The third-order valence-corrected chi connectivity index (χ3v) is 12.6. The van der Waals surface area contributed by atoms with Crippen molar-refractivity contribution < 1.29 is 38.1 Å². The number of hydrogen-bond acceptors (Lipinski definition) is 13. The number of rotatable bonds is 16. The summed E-state index contributed by atoms with van der Waals surface area (Å²) in [6.45, 7) is 16.6. The van der Waals surface area contributed by atoms with E-state index in [0.29, 0.717) is 64.3 Å². The highest BCUT2D eigenvalue weighted by Crippen LogP contribution is 2.46. The number of esters is 1. The van der Waals surface area contributed by atoms with Crippen LogP contribution in [0.1, 0.15) is 73.6 Å². The second-order valence-electron chi connectivity index (χ2n) is 18.1. The summed E-state index contributed by atoms with van der Waals surface area (Å²) in [6.07, 6.45) is 2.79. The van der Waals surface area contributed by atoms with Crippen LogP contribution in [0.3, 0.4) is 0 Å². The number of hydrogen-bond donors (Lipinski definition) is 3. The molecule has 3 aliphatic rings. The lowest BCUT2D eigenvalue weighted by molar-refractivity contribution is -0.148. The Morgan fingerprint density at radius 3 is 2.48 bits per heavy atom. The first kappa shape index (κ1) is 45.8. The summed E-state index contributed by atoms with van der Waals surface area (Å²) in [5, 5.41) is 12.6. The Morgan fingerprint density at radius 2 is 1.85 bits per heavy atom. The van der Waals surface area contributed by atoms with Crippen LogP contribution in [0.5, 0.6) is 11.5 Å². The van der Waals surface area contributed by atoms with Gasteiger partial charge in [-0.3, -0.25) is 9.59 Å². The molecule has 2 aromatic heterocycles. The molecule has 15 nitrogen and oxygen atoms in total. The number of nitrogens with one attached hydrogen (secondary N) is 3. The van der Waals surface area contributed by atoms with E-state index < -0.39 is 53.0 Å². The summed E-state index contributed by atoms with van der Waals surface area (Å²) in [5.41, 5.74) is -0.560. The fourth-order valence-electron chi connectivity index (χ4n) is 8.01. The van der Waals surface area contributed by atoms with Crippen LogP contribution in [0, 0.1) is 17.3 Å². The van der Waals surface area contributed by atoms with Crippen LogP contribution < -0.4 is 25.4 Å². The summed E-state index contributed by atoms with van der Waals surface area (Å²) in [5.74, 6) is -0.684. The molecule has 3 N–H and O–H groups in total. The van der Waals surface area contributed by atoms with Crippen LogP contribution in [-0.4, -0.2) is 120 Å². The Labute approximate surface area is 367 Å². The quantitative estimate of drug-likeness (QED) is 0.103. The molecule has 3 amide bonds. The van der Waals surface area contributed by atoms with Crippen LogP contribution in [-0.2, 0) is 23.9 Å². The van der Waals surface area contributed by atoms with E-state index in [9.17, 15) is 19.2 Å². The van der Waals surface area contributed by atoms with Crippen LogP contribution >= 0.6 is 22.9 Å². The molecule has 3 aromatic rings. The maximum Gasteiger partial charge on any atom is 0.408 e. The Kier molecular flexibility index (Phi) is 14.1. The molecule has 3 fully saturated rings. The lowest BCUT2D eigenvalue weighted by Crippen LogP contribution is -2.59. The number of amides is 3. The molecule has 3 heterocycles. The zero-order valence-electron chi connectivity index (χ0n) is 36.6. The first-order valence-electron chi connectivity index (χ1n) is 20.9. The summed E-state index contributed by atoms with van der Waals surface area (Å²) in [6, 6.07) is 3.39. The fraction of sp³-hybridized carbons (Fsp3) is 0.591. The number of nitrogens with zero attached hydrogens (tertiary/aromatic N) is 4. The number of methoxy groups -OCH3 is 1. The van der Waals surface area contributed by atoms with Gasteiger partial charge in [0.25, 0.3) is 0 Å². The number of likely N-dealkylation sites (N-methyl/N-ethyl adjacent to an activating group) is 1. The largest absolute Gasteiger partial charge is 0.491 e. The standard InChI is InChI=1S/C44H60ClN7O8S/c1-11-26-21-44(26,40(55)57-10)50-38(53)32-19-28(22-52(32)39(54)37(43(5,6)7)49-42(56)60-27-13-12-25(4)18-27)59-34-20-30(31-23-61-41(48-31)46-24(2)3)47-36-29(34)14-15-33(35(36)45)58-17-16-51(8)9/h11,14-15,20,23-28,32,37H,1,12-13,16-19,21-22H2,2-10H3,(H,46,48)(H,49,56)(H,50,53)/t25-,26-,27+,28-,32+,37-,44?/m1/s1. The fourth-order valence-corrected chi connectivity index (χ4v) is 9.13. The number of ether oxygens (including phenoxy) is 4. The van der Waals surface area contributed by atoms with Crippen molar-refractivity contribution in [1.82, 2.24) is 30.4 Å². The third kappa shape index (κ3) is 10.5. The molecule has 0 radical (unpaired) electrons. The molecule has 2 saturated carbocycles. The summed E-state index contributed by atoms with van der Waals surface area (Å²) in [4.78, 5) is 68.8. The summed E-state index contributed by atoms with van der Waals surface area (Å²) in [7, 11) is 5.18. The number of anilines is 1. The normalized spacial score (nSPS) is 24.1. The van der Waals surface area contributed by atoms with Crippen molar-refractivity contribution in [1.29, 1.82) is 0 Å².